The average molecular weight is 332 g/mol. The molecule has 3 rings (SSSR count). The number of hydrogen-bond donors (Lipinski definition) is 1. The zero-order valence-electron chi connectivity index (χ0n) is 11.3. The van der Waals surface area contributed by atoms with Crippen molar-refractivity contribution in [2.45, 2.75) is 0 Å². The third-order valence-electron chi connectivity index (χ3n) is 3.01. The number of furan rings is 1. The molecule has 2 aromatic carbocycles. The Balaban J connectivity index is 1.83. The predicted octanol–water partition coefficient (Wildman–Crippen LogP) is 5.51. The minimum absolute atomic E-state index is 0.218. The van der Waals surface area contributed by atoms with Crippen LogP contribution in [0.15, 0.2) is 65.1 Å². The number of amides is 1. The fraction of sp³-hybridized carbons (Fsp3) is 0. The lowest BCUT2D eigenvalue weighted by Gasteiger charge is -2.02. The number of rotatable bonds is 3. The second kappa shape index (κ2) is 6.26. The number of para-hydroxylation sites is 1. The van der Waals surface area contributed by atoms with Crippen LogP contribution >= 0.6 is 23.2 Å². The highest BCUT2D eigenvalue weighted by Crippen LogP contribution is 2.28. The normalized spacial score (nSPS) is 10.5. The van der Waals surface area contributed by atoms with Crippen LogP contribution in [0.5, 0.6) is 0 Å². The van der Waals surface area contributed by atoms with E-state index in [-0.39, 0.29) is 11.7 Å². The van der Waals surface area contributed by atoms with Crippen LogP contribution in [0.25, 0.3) is 11.3 Å². The number of anilines is 1. The van der Waals surface area contributed by atoms with Gasteiger partial charge in [-0.25, -0.2) is 0 Å². The lowest BCUT2D eigenvalue weighted by Crippen LogP contribution is -2.10. The van der Waals surface area contributed by atoms with E-state index >= 15 is 0 Å². The molecule has 3 nitrogen and oxygen atoms in total. The summed E-state index contributed by atoms with van der Waals surface area (Å²) in [5.74, 6) is 0.433. The molecule has 0 bridgehead atoms. The van der Waals surface area contributed by atoms with E-state index < -0.39 is 0 Å². The van der Waals surface area contributed by atoms with E-state index in [0.717, 1.165) is 5.56 Å². The number of halogens is 2. The quantitative estimate of drug-likeness (QED) is 0.687. The molecular formula is C17H11Cl2NO2. The third kappa shape index (κ3) is 3.32. The first-order valence-electron chi connectivity index (χ1n) is 6.54. The molecule has 110 valence electrons. The Labute approximate surface area is 137 Å². The highest BCUT2D eigenvalue weighted by molar-refractivity contribution is 6.35. The van der Waals surface area contributed by atoms with Gasteiger partial charge in [0.15, 0.2) is 5.76 Å². The maximum absolute atomic E-state index is 12.1. The average Bonchev–Trinajstić information content (AvgIpc) is 2.97. The van der Waals surface area contributed by atoms with Crippen molar-refractivity contribution in [3.63, 3.8) is 0 Å². The standard InChI is InChI=1S/C17H11Cl2NO2/c18-12-8-11(9-13(19)10-12)15-6-7-16(22-15)17(21)20-14-4-2-1-3-5-14/h1-10H,(H,20,21). The molecule has 22 heavy (non-hydrogen) atoms. The summed E-state index contributed by atoms with van der Waals surface area (Å²) in [6, 6.07) is 17.6. The number of hydrogen-bond acceptors (Lipinski definition) is 2. The van der Waals surface area contributed by atoms with Crippen molar-refractivity contribution in [1.82, 2.24) is 0 Å². The summed E-state index contributed by atoms with van der Waals surface area (Å²) in [5, 5.41) is 3.78. The minimum atomic E-state index is -0.314. The van der Waals surface area contributed by atoms with Gasteiger partial charge in [0.05, 0.1) is 0 Å². The molecule has 0 aliphatic heterocycles. The molecule has 0 saturated heterocycles. The van der Waals surface area contributed by atoms with Crippen molar-refractivity contribution in [3.05, 3.63) is 76.5 Å². The maximum Gasteiger partial charge on any atom is 0.291 e. The maximum atomic E-state index is 12.1. The van der Waals surface area contributed by atoms with Crippen LogP contribution in [-0.2, 0) is 0 Å². The van der Waals surface area contributed by atoms with Gasteiger partial charge in [-0.2, -0.15) is 0 Å². The van der Waals surface area contributed by atoms with Crippen molar-refractivity contribution in [2.24, 2.45) is 0 Å². The van der Waals surface area contributed by atoms with Gasteiger partial charge in [0, 0.05) is 21.3 Å². The topological polar surface area (TPSA) is 42.2 Å². The first-order valence-corrected chi connectivity index (χ1v) is 7.30. The second-order valence-corrected chi connectivity index (χ2v) is 5.52. The first-order chi connectivity index (χ1) is 10.6. The Bertz CT molecular complexity index is 792. The molecule has 0 saturated carbocycles. The fourth-order valence-electron chi connectivity index (χ4n) is 2.03. The summed E-state index contributed by atoms with van der Waals surface area (Å²) in [5.41, 5.74) is 1.42. The third-order valence-corrected chi connectivity index (χ3v) is 3.44. The summed E-state index contributed by atoms with van der Waals surface area (Å²) in [6.07, 6.45) is 0. The number of nitrogens with one attached hydrogen (secondary N) is 1. The molecule has 0 aliphatic rings. The molecule has 0 aliphatic carbocycles. The van der Waals surface area contributed by atoms with Crippen molar-refractivity contribution < 1.29 is 9.21 Å². The molecule has 0 fully saturated rings. The lowest BCUT2D eigenvalue weighted by atomic mass is 10.2. The van der Waals surface area contributed by atoms with Crippen molar-refractivity contribution in [2.75, 3.05) is 5.32 Å². The highest BCUT2D eigenvalue weighted by atomic mass is 35.5. The van der Waals surface area contributed by atoms with Crippen LogP contribution in [0.3, 0.4) is 0 Å². The monoisotopic (exact) mass is 331 g/mol. The molecule has 0 spiro atoms. The molecule has 0 unspecified atom stereocenters. The van der Waals surface area contributed by atoms with Gasteiger partial charge in [-0.1, -0.05) is 41.4 Å². The summed E-state index contributed by atoms with van der Waals surface area (Å²) in [7, 11) is 0. The highest BCUT2D eigenvalue weighted by Gasteiger charge is 2.13. The smallest absolute Gasteiger partial charge is 0.291 e. The van der Waals surface area contributed by atoms with E-state index in [9.17, 15) is 4.79 Å². The SMILES string of the molecule is O=C(Nc1ccccc1)c1ccc(-c2cc(Cl)cc(Cl)c2)o1. The van der Waals surface area contributed by atoms with E-state index in [4.69, 9.17) is 27.6 Å². The Hall–Kier alpha value is -2.23. The zero-order valence-corrected chi connectivity index (χ0v) is 12.9. The van der Waals surface area contributed by atoms with Gasteiger partial charge >= 0.3 is 0 Å². The van der Waals surface area contributed by atoms with Crippen LogP contribution in [0, 0.1) is 0 Å². The van der Waals surface area contributed by atoms with Gasteiger partial charge in [-0.3, -0.25) is 4.79 Å². The molecule has 5 heteroatoms. The van der Waals surface area contributed by atoms with Crippen LogP contribution in [-0.4, -0.2) is 5.91 Å². The Morgan fingerprint density at radius 3 is 2.27 bits per heavy atom. The van der Waals surface area contributed by atoms with Crippen LogP contribution in [0.2, 0.25) is 10.0 Å². The van der Waals surface area contributed by atoms with Crippen LogP contribution in [0.1, 0.15) is 10.6 Å². The Kier molecular flexibility index (Phi) is 4.18. The Morgan fingerprint density at radius 1 is 0.909 bits per heavy atom. The van der Waals surface area contributed by atoms with Gasteiger partial charge < -0.3 is 9.73 Å². The molecule has 0 radical (unpaired) electrons. The van der Waals surface area contributed by atoms with Crippen molar-refractivity contribution in [3.8, 4) is 11.3 Å². The van der Waals surface area contributed by atoms with E-state index in [1.807, 2.05) is 18.2 Å². The molecule has 1 amide bonds. The van der Waals surface area contributed by atoms with E-state index in [0.29, 0.717) is 21.5 Å². The van der Waals surface area contributed by atoms with Crippen molar-refractivity contribution >= 4 is 34.8 Å². The van der Waals surface area contributed by atoms with Gasteiger partial charge in [0.2, 0.25) is 0 Å². The summed E-state index contributed by atoms with van der Waals surface area (Å²) in [4.78, 5) is 12.1. The molecule has 1 heterocycles. The predicted molar refractivity (Wildman–Crippen MR) is 88.6 cm³/mol. The fourth-order valence-corrected chi connectivity index (χ4v) is 2.55. The number of carbonyl (C=O) groups excluding carboxylic acids is 1. The van der Waals surface area contributed by atoms with Gasteiger partial charge in [-0.15, -0.1) is 0 Å². The number of benzene rings is 2. The lowest BCUT2D eigenvalue weighted by molar-refractivity contribution is 0.0997. The minimum Gasteiger partial charge on any atom is -0.451 e. The molecule has 0 atom stereocenters. The Morgan fingerprint density at radius 2 is 1.59 bits per heavy atom. The van der Waals surface area contributed by atoms with E-state index in [2.05, 4.69) is 5.32 Å². The molecule has 1 N–H and O–H groups in total. The van der Waals surface area contributed by atoms with Crippen LogP contribution in [0.4, 0.5) is 5.69 Å². The van der Waals surface area contributed by atoms with E-state index in [1.54, 1.807) is 42.5 Å². The zero-order chi connectivity index (χ0) is 15.5. The molecular weight excluding hydrogens is 321 g/mol. The van der Waals surface area contributed by atoms with E-state index in [1.165, 1.54) is 0 Å². The van der Waals surface area contributed by atoms with Gasteiger partial charge in [0.25, 0.3) is 5.91 Å². The second-order valence-electron chi connectivity index (χ2n) is 4.64. The van der Waals surface area contributed by atoms with Gasteiger partial charge in [0.1, 0.15) is 5.76 Å². The first kappa shape index (κ1) is 14.7. The van der Waals surface area contributed by atoms with Gasteiger partial charge in [-0.05, 0) is 42.5 Å². The largest absolute Gasteiger partial charge is 0.451 e. The number of carbonyl (C=O) groups is 1. The summed E-state index contributed by atoms with van der Waals surface area (Å²) in [6.45, 7) is 0. The van der Waals surface area contributed by atoms with Crippen molar-refractivity contribution in [1.29, 1.82) is 0 Å². The summed E-state index contributed by atoms with van der Waals surface area (Å²) < 4.78 is 5.58. The molecule has 3 aromatic rings. The summed E-state index contributed by atoms with van der Waals surface area (Å²) >= 11 is 11.9. The molecule has 1 aromatic heterocycles. The van der Waals surface area contributed by atoms with Crippen LogP contribution < -0.4 is 5.32 Å².